The Balaban J connectivity index is 2.31. The second kappa shape index (κ2) is 5.70. The summed E-state index contributed by atoms with van der Waals surface area (Å²) in [7, 11) is 0. The number of halogens is 2. The molecular formula is C14H14Cl2N2. The Labute approximate surface area is 117 Å². The quantitative estimate of drug-likeness (QED) is 0.916. The van der Waals surface area contributed by atoms with Crippen LogP contribution in [0, 0.1) is 0 Å². The second-order valence-electron chi connectivity index (χ2n) is 4.26. The molecule has 0 amide bonds. The zero-order valence-electron chi connectivity index (χ0n) is 9.98. The molecule has 2 unspecified atom stereocenters. The van der Waals surface area contributed by atoms with Crippen LogP contribution in [0.25, 0.3) is 0 Å². The average molecular weight is 281 g/mol. The fourth-order valence-corrected chi connectivity index (χ4v) is 2.34. The maximum absolute atomic E-state index is 6.28. The normalized spacial score (nSPS) is 14.2. The molecule has 0 saturated heterocycles. The molecule has 0 fully saturated rings. The van der Waals surface area contributed by atoms with Gasteiger partial charge in [-0.25, -0.2) is 0 Å². The van der Waals surface area contributed by atoms with Crippen molar-refractivity contribution in [1.29, 1.82) is 0 Å². The minimum atomic E-state index is -0.196. The van der Waals surface area contributed by atoms with Crippen molar-refractivity contribution in [3.05, 3.63) is 63.9 Å². The minimum Gasteiger partial charge on any atom is -0.323 e. The van der Waals surface area contributed by atoms with Crippen molar-refractivity contribution in [2.75, 3.05) is 0 Å². The summed E-state index contributed by atoms with van der Waals surface area (Å²) in [5, 5.41) is 1.29. The predicted octanol–water partition coefficient (Wildman–Crippen LogP) is 4.19. The molecule has 2 rings (SSSR count). The van der Waals surface area contributed by atoms with Gasteiger partial charge in [0.1, 0.15) is 0 Å². The van der Waals surface area contributed by atoms with Gasteiger partial charge in [0, 0.05) is 34.4 Å². The van der Waals surface area contributed by atoms with Crippen molar-refractivity contribution in [3.63, 3.8) is 0 Å². The van der Waals surface area contributed by atoms with Crippen molar-refractivity contribution in [3.8, 4) is 0 Å². The van der Waals surface area contributed by atoms with Crippen LogP contribution < -0.4 is 5.73 Å². The highest BCUT2D eigenvalue weighted by Gasteiger charge is 2.19. The largest absolute Gasteiger partial charge is 0.323 e. The third-order valence-corrected chi connectivity index (χ3v) is 3.67. The molecule has 1 aromatic heterocycles. The molecule has 94 valence electrons. The van der Waals surface area contributed by atoms with Gasteiger partial charge in [0.2, 0.25) is 0 Å². The van der Waals surface area contributed by atoms with E-state index in [1.807, 2.05) is 18.2 Å². The first-order chi connectivity index (χ1) is 8.59. The van der Waals surface area contributed by atoms with E-state index < -0.39 is 0 Å². The zero-order chi connectivity index (χ0) is 13.1. The van der Waals surface area contributed by atoms with E-state index in [4.69, 9.17) is 28.9 Å². The van der Waals surface area contributed by atoms with E-state index in [2.05, 4.69) is 11.9 Å². The molecule has 1 aromatic carbocycles. The van der Waals surface area contributed by atoms with Crippen LogP contribution in [0.15, 0.2) is 42.7 Å². The average Bonchev–Trinajstić information content (AvgIpc) is 2.41. The first-order valence-electron chi connectivity index (χ1n) is 5.70. The first-order valence-corrected chi connectivity index (χ1v) is 6.45. The Bertz CT molecular complexity index is 529. The van der Waals surface area contributed by atoms with E-state index in [1.54, 1.807) is 24.5 Å². The molecule has 0 radical (unpaired) electrons. The van der Waals surface area contributed by atoms with E-state index in [-0.39, 0.29) is 12.0 Å². The number of nitrogens with two attached hydrogens (primary N) is 1. The highest BCUT2D eigenvalue weighted by atomic mass is 35.5. The van der Waals surface area contributed by atoms with Gasteiger partial charge in [0.25, 0.3) is 0 Å². The monoisotopic (exact) mass is 280 g/mol. The molecule has 2 nitrogen and oxygen atoms in total. The minimum absolute atomic E-state index is 0.143. The molecule has 4 heteroatoms. The molecular weight excluding hydrogens is 267 g/mol. The lowest BCUT2D eigenvalue weighted by molar-refractivity contribution is 0.597. The fraction of sp³-hybridized carbons (Fsp3) is 0.214. The van der Waals surface area contributed by atoms with Crippen LogP contribution in [0.2, 0.25) is 10.0 Å². The molecule has 0 saturated carbocycles. The summed E-state index contributed by atoms with van der Waals surface area (Å²) in [5.74, 6) is 0.143. The Morgan fingerprint density at radius 3 is 2.44 bits per heavy atom. The third kappa shape index (κ3) is 2.83. The third-order valence-electron chi connectivity index (χ3n) is 3.09. The van der Waals surface area contributed by atoms with Gasteiger partial charge in [-0.3, -0.25) is 4.98 Å². The Kier molecular flexibility index (Phi) is 4.23. The molecule has 2 N–H and O–H groups in total. The van der Waals surface area contributed by atoms with E-state index in [1.165, 1.54) is 0 Å². The van der Waals surface area contributed by atoms with Gasteiger partial charge in [-0.05, 0) is 41.5 Å². The standard InChI is InChI=1S/C14H14Cl2N2/c1-9(10-4-6-18-7-5-10)14(17)12-8-11(15)2-3-13(12)16/h2-9,14H,17H2,1H3. The molecule has 2 atom stereocenters. The van der Waals surface area contributed by atoms with Gasteiger partial charge >= 0.3 is 0 Å². The summed E-state index contributed by atoms with van der Waals surface area (Å²) in [5.41, 5.74) is 8.28. The van der Waals surface area contributed by atoms with Crippen molar-refractivity contribution >= 4 is 23.2 Å². The highest BCUT2D eigenvalue weighted by molar-refractivity contribution is 6.33. The van der Waals surface area contributed by atoms with Crippen LogP contribution in [0.3, 0.4) is 0 Å². The summed E-state index contributed by atoms with van der Waals surface area (Å²) >= 11 is 12.2. The number of rotatable bonds is 3. The molecule has 18 heavy (non-hydrogen) atoms. The van der Waals surface area contributed by atoms with Crippen LogP contribution >= 0.6 is 23.2 Å². The lowest BCUT2D eigenvalue weighted by atomic mass is 9.90. The van der Waals surface area contributed by atoms with Crippen LogP contribution in [0.1, 0.15) is 30.0 Å². The van der Waals surface area contributed by atoms with E-state index in [0.29, 0.717) is 10.0 Å². The second-order valence-corrected chi connectivity index (χ2v) is 5.10. The maximum Gasteiger partial charge on any atom is 0.0454 e. The van der Waals surface area contributed by atoms with Gasteiger partial charge in [-0.1, -0.05) is 30.1 Å². The molecule has 2 aromatic rings. The number of nitrogens with zero attached hydrogens (tertiary/aromatic N) is 1. The van der Waals surface area contributed by atoms with E-state index >= 15 is 0 Å². The Morgan fingerprint density at radius 1 is 1.11 bits per heavy atom. The highest BCUT2D eigenvalue weighted by Crippen LogP contribution is 2.33. The fourth-order valence-electron chi connectivity index (χ4n) is 1.91. The number of benzene rings is 1. The van der Waals surface area contributed by atoms with E-state index in [0.717, 1.165) is 11.1 Å². The topological polar surface area (TPSA) is 38.9 Å². The SMILES string of the molecule is CC(c1ccncc1)C(N)c1cc(Cl)ccc1Cl. The van der Waals surface area contributed by atoms with Crippen molar-refractivity contribution in [1.82, 2.24) is 4.98 Å². The molecule has 0 aliphatic heterocycles. The Hall–Kier alpha value is -1.09. The smallest absolute Gasteiger partial charge is 0.0454 e. The predicted molar refractivity (Wildman–Crippen MR) is 76.0 cm³/mol. The number of hydrogen-bond acceptors (Lipinski definition) is 2. The molecule has 0 aliphatic carbocycles. The summed E-state index contributed by atoms with van der Waals surface area (Å²) in [6, 6.07) is 9.09. The molecule has 0 bridgehead atoms. The summed E-state index contributed by atoms with van der Waals surface area (Å²) < 4.78 is 0. The van der Waals surface area contributed by atoms with Gasteiger partial charge in [0.05, 0.1) is 0 Å². The van der Waals surface area contributed by atoms with Gasteiger partial charge in [0.15, 0.2) is 0 Å². The maximum atomic E-state index is 6.28. The number of pyridine rings is 1. The van der Waals surface area contributed by atoms with Crippen LogP contribution in [-0.2, 0) is 0 Å². The molecule has 0 aliphatic rings. The van der Waals surface area contributed by atoms with Gasteiger partial charge in [-0.15, -0.1) is 0 Å². The van der Waals surface area contributed by atoms with Crippen LogP contribution in [0.5, 0.6) is 0 Å². The summed E-state index contributed by atoms with van der Waals surface area (Å²) in [6.07, 6.45) is 3.52. The van der Waals surface area contributed by atoms with Crippen molar-refractivity contribution in [2.24, 2.45) is 5.73 Å². The number of hydrogen-bond donors (Lipinski definition) is 1. The molecule has 0 spiro atoms. The van der Waals surface area contributed by atoms with E-state index in [9.17, 15) is 0 Å². The van der Waals surface area contributed by atoms with Gasteiger partial charge < -0.3 is 5.73 Å². The van der Waals surface area contributed by atoms with Crippen LogP contribution in [0.4, 0.5) is 0 Å². The van der Waals surface area contributed by atoms with Gasteiger partial charge in [-0.2, -0.15) is 0 Å². The lowest BCUT2D eigenvalue weighted by Gasteiger charge is -2.21. The lowest BCUT2D eigenvalue weighted by Crippen LogP contribution is -2.18. The summed E-state index contributed by atoms with van der Waals surface area (Å²) in [4.78, 5) is 4.00. The first kappa shape index (κ1) is 13.3. The van der Waals surface area contributed by atoms with Crippen molar-refractivity contribution < 1.29 is 0 Å². The zero-order valence-corrected chi connectivity index (χ0v) is 11.5. The number of aromatic nitrogens is 1. The van der Waals surface area contributed by atoms with Crippen LogP contribution in [-0.4, -0.2) is 4.98 Å². The molecule has 1 heterocycles. The summed E-state index contributed by atoms with van der Waals surface area (Å²) in [6.45, 7) is 2.07. The van der Waals surface area contributed by atoms with Crippen molar-refractivity contribution in [2.45, 2.75) is 18.9 Å². The Morgan fingerprint density at radius 2 is 1.78 bits per heavy atom.